The van der Waals surface area contributed by atoms with Gasteiger partial charge in [-0.2, -0.15) is 0 Å². The van der Waals surface area contributed by atoms with E-state index in [1.807, 2.05) is 0 Å². The molecule has 0 amide bonds. The Hall–Kier alpha value is -2.25. The molecule has 0 spiro atoms. The Kier molecular flexibility index (Phi) is 4.92. The van der Waals surface area contributed by atoms with Crippen LogP contribution in [0.1, 0.15) is 10.4 Å². The van der Waals surface area contributed by atoms with E-state index in [4.69, 9.17) is 0 Å². The number of ketones is 1. The second kappa shape index (κ2) is 7.11. The fourth-order valence-electron chi connectivity index (χ4n) is 2.05. The molecule has 0 aliphatic heterocycles. The first-order chi connectivity index (χ1) is 11.5. The minimum atomic E-state index is -0.404. The Morgan fingerprint density at radius 3 is 2.25 bits per heavy atom. The molecular weight excluding hydrogens is 352 g/mol. The average molecular weight is 363 g/mol. The number of carbonyl (C=O) groups excluding carboxylic acids is 1. The molecular formula is C17H11F2NO2S2. The Bertz CT molecular complexity index is 861. The number of hydrogen-bond acceptors (Lipinski definition) is 4. The quantitative estimate of drug-likeness (QED) is 0.294. The molecule has 0 radical (unpaired) electrons. The lowest BCUT2D eigenvalue weighted by molar-refractivity contribution is -0.626. The van der Waals surface area contributed by atoms with Crippen molar-refractivity contribution in [2.24, 2.45) is 0 Å². The zero-order valence-corrected chi connectivity index (χ0v) is 13.9. The van der Waals surface area contributed by atoms with Crippen molar-refractivity contribution in [3.05, 3.63) is 76.3 Å². The number of aromatic nitrogens is 1. The van der Waals surface area contributed by atoms with Gasteiger partial charge in [-0.1, -0.05) is 11.3 Å². The maximum absolute atomic E-state index is 13.0. The van der Waals surface area contributed by atoms with Crippen LogP contribution >= 0.6 is 23.1 Å². The molecule has 3 nitrogen and oxygen atoms in total. The lowest BCUT2D eigenvalue weighted by Gasteiger charge is -2.02. The molecule has 0 unspecified atom stereocenters. The zero-order chi connectivity index (χ0) is 17.1. The highest BCUT2D eigenvalue weighted by atomic mass is 32.2. The number of nitrogens with zero attached hydrogens (tertiary/aromatic N) is 1. The van der Waals surface area contributed by atoms with Crippen molar-refractivity contribution in [1.82, 2.24) is 0 Å². The third kappa shape index (κ3) is 3.63. The van der Waals surface area contributed by atoms with Gasteiger partial charge in [-0.15, -0.1) is 4.73 Å². The largest absolute Gasteiger partial charge is 0.617 e. The summed E-state index contributed by atoms with van der Waals surface area (Å²) in [6, 6.07) is 10.9. The van der Waals surface area contributed by atoms with Gasteiger partial charge in [0.15, 0.2) is 5.78 Å². The lowest BCUT2D eigenvalue weighted by atomic mass is 10.1. The summed E-state index contributed by atoms with van der Waals surface area (Å²) in [7, 11) is 0. The van der Waals surface area contributed by atoms with E-state index < -0.39 is 5.82 Å². The predicted octanol–water partition coefficient (Wildman–Crippen LogP) is 4.30. The van der Waals surface area contributed by atoms with Crippen LogP contribution in [0.25, 0.3) is 11.3 Å². The van der Waals surface area contributed by atoms with Crippen molar-refractivity contribution in [3.63, 3.8) is 0 Å². The van der Waals surface area contributed by atoms with Crippen molar-refractivity contribution >= 4 is 28.9 Å². The van der Waals surface area contributed by atoms with E-state index in [0.29, 0.717) is 21.2 Å². The van der Waals surface area contributed by atoms with Gasteiger partial charge in [-0.3, -0.25) is 4.79 Å². The van der Waals surface area contributed by atoms with Crippen LogP contribution in [0.3, 0.4) is 0 Å². The molecule has 1 heterocycles. The molecule has 0 aliphatic carbocycles. The fourth-order valence-corrected chi connectivity index (χ4v) is 3.91. The molecule has 0 bridgehead atoms. The molecule has 0 N–H and O–H groups in total. The zero-order valence-electron chi connectivity index (χ0n) is 12.2. The SMILES string of the molecule is O=C(CSc1scc(-c2ccc(F)cc2)[n+]1[O-])c1ccc(F)cc1. The van der Waals surface area contributed by atoms with E-state index in [1.165, 1.54) is 59.9 Å². The minimum absolute atomic E-state index is 0.0806. The monoisotopic (exact) mass is 363 g/mol. The highest BCUT2D eigenvalue weighted by Gasteiger charge is 2.19. The molecule has 0 aliphatic rings. The van der Waals surface area contributed by atoms with Crippen LogP contribution in [0.4, 0.5) is 8.78 Å². The van der Waals surface area contributed by atoms with Crippen molar-refractivity contribution in [2.75, 3.05) is 5.75 Å². The molecule has 122 valence electrons. The first-order valence-corrected chi connectivity index (χ1v) is 8.79. The summed E-state index contributed by atoms with van der Waals surface area (Å²) in [6.45, 7) is 0. The second-order valence-corrected chi connectivity index (χ2v) is 6.99. The van der Waals surface area contributed by atoms with Gasteiger partial charge in [0.2, 0.25) is 5.69 Å². The van der Waals surface area contributed by atoms with Gasteiger partial charge in [0.25, 0.3) is 0 Å². The number of hydrogen-bond donors (Lipinski definition) is 0. The summed E-state index contributed by atoms with van der Waals surface area (Å²) in [6.07, 6.45) is 0. The summed E-state index contributed by atoms with van der Waals surface area (Å²) < 4.78 is 27.0. The number of Topliss-reactive ketones (excluding diaryl/α,β-unsaturated/α-hetero) is 1. The van der Waals surface area contributed by atoms with Crippen LogP contribution in [0.2, 0.25) is 0 Å². The molecule has 0 atom stereocenters. The van der Waals surface area contributed by atoms with Gasteiger partial charge in [0.1, 0.15) is 11.6 Å². The number of thioether (sulfide) groups is 1. The summed E-state index contributed by atoms with van der Waals surface area (Å²) in [5, 5.41) is 14.0. The van der Waals surface area contributed by atoms with Crippen LogP contribution in [0.5, 0.6) is 0 Å². The van der Waals surface area contributed by atoms with Gasteiger partial charge < -0.3 is 5.21 Å². The van der Waals surface area contributed by atoms with E-state index >= 15 is 0 Å². The normalized spacial score (nSPS) is 10.8. The molecule has 1 aromatic heterocycles. The Morgan fingerprint density at radius 1 is 1.04 bits per heavy atom. The van der Waals surface area contributed by atoms with Crippen molar-refractivity contribution in [1.29, 1.82) is 0 Å². The first kappa shape index (κ1) is 16.6. The van der Waals surface area contributed by atoms with Crippen molar-refractivity contribution < 1.29 is 18.3 Å². The average Bonchev–Trinajstić information content (AvgIpc) is 2.95. The predicted molar refractivity (Wildman–Crippen MR) is 90.1 cm³/mol. The second-order valence-electron chi connectivity index (χ2n) is 4.91. The van der Waals surface area contributed by atoms with Gasteiger partial charge >= 0.3 is 4.34 Å². The van der Waals surface area contributed by atoms with Gasteiger partial charge in [-0.05, 0) is 60.3 Å². The van der Waals surface area contributed by atoms with Gasteiger partial charge in [-0.25, -0.2) is 8.78 Å². The molecule has 0 saturated heterocycles. The Labute approximate surface area is 145 Å². The number of benzene rings is 2. The number of thiazole rings is 1. The summed E-state index contributed by atoms with van der Waals surface area (Å²) in [4.78, 5) is 12.1. The fraction of sp³-hybridized carbons (Fsp3) is 0.0588. The van der Waals surface area contributed by atoms with Crippen LogP contribution in [0.15, 0.2) is 58.3 Å². The molecule has 2 aromatic carbocycles. The van der Waals surface area contributed by atoms with Crippen LogP contribution < -0.4 is 4.73 Å². The van der Waals surface area contributed by atoms with Gasteiger partial charge in [0, 0.05) is 11.1 Å². The minimum Gasteiger partial charge on any atom is -0.617 e. The first-order valence-electron chi connectivity index (χ1n) is 6.93. The molecule has 3 rings (SSSR count). The lowest BCUT2D eigenvalue weighted by Crippen LogP contribution is -2.28. The smallest absolute Gasteiger partial charge is 0.309 e. The van der Waals surface area contributed by atoms with E-state index in [2.05, 4.69) is 0 Å². The van der Waals surface area contributed by atoms with E-state index in [9.17, 15) is 18.8 Å². The highest BCUT2D eigenvalue weighted by molar-refractivity contribution is 8.01. The summed E-state index contributed by atoms with van der Waals surface area (Å²) in [5.74, 6) is -0.876. The number of halogens is 2. The third-order valence-corrected chi connectivity index (χ3v) is 5.46. The molecule has 7 heteroatoms. The highest BCUT2D eigenvalue weighted by Crippen LogP contribution is 2.27. The van der Waals surface area contributed by atoms with Crippen LogP contribution in [-0.4, -0.2) is 11.5 Å². The topological polar surface area (TPSA) is 44.0 Å². The summed E-state index contributed by atoms with van der Waals surface area (Å²) >= 11 is 2.35. The molecule has 24 heavy (non-hydrogen) atoms. The van der Waals surface area contributed by atoms with Crippen LogP contribution in [-0.2, 0) is 0 Å². The molecule has 3 aromatic rings. The van der Waals surface area contributed by atoms with Crippen LogP contribution in [0, 0.1) is 16.8 Å². The van der Waals surface area contributed by atoms with E-state index in [-0.39, 0.29) is 17.4 Å². The molecule has 0 saturated carbocycles. The maximum Gasteiger partial charge on any atom is 0.309 e. The standard InChI is InChI=1S/C17H11F2NO2S2/c18-13-5-1-11(2-6-13)15-9-23-17(20(15)22)24-10-16(21)12-3-7-14(19)8-4-12/h1-9H,10H2. The van der Waals surface area contributed by atoms with E-state index in [0.717, 1.165) is 16.5 Å². The third-order valence-electron chi connectivity index (χ3n) is 3.29. The number of carbonyl (C=O) groups is 1. The Balaban J connectivity index is 1.71. The maximum atomic E-state index is 13.0. The Morgan fingerprint density at radius 2 is 1.62 bits per heavy atom. The van der Waals surface area contributed by atoms with Gasteiger partial charge in [0.05, 0.1) is 11.1 Å². The van der Waals surface area contributed by atoms with Crippen molar-refractivity contribution in [3.8, 4) is 11.3 Å². The van der Waals surface area contributed by atoms with E-state index in [1.54, 1.807) is 5.38 Å². The summed E-state index contributed by atoms with van der Waals surface area (Å²) in [5.41, 5.74) is 1.42. The van der Waals surface area contributed by atoms with Crippen molar-refractivity contribution in [2.45, 2.75) is 4.34 Å². The number of rotatable bonds is 5. The molecule has 0 fully saturated rings.